The number of hydrogen-bond acceptors (Lipinski definition) is 5. The third kappa shape index (κ3) is 3.42. The van der Waals surface area contributed by atoms with Gasteiger partial charge in [0.25, 0.3) is 0 Å². The van der Waals surface area contributed by atoms with E-state index in [-0.39, 0.29) is 31.0 Å². The number of halogens is 1. The van der Waals surface area contributed by atoms with Gasteiger partial charge in [-0.05, 0) is 0 Å². The fourth-order valence-corrected chi connectivity index (χ4v) is 1.65. The van der Waals surface area contributed by atoms with Crippen LogP contribution in [0, 0.1) is 5.92 Å². The Balaban J connectivity index is 0.00000180. The first-order valence-electron chi connectivity index (χ1n) is 5.60. The fraction of sp³-hybridized carbons (Fsp3) is 0.417. The number of ether oxygens (including phenoxy) is 3. The molecule has 1 aliphatic heterocycles. The first kappa shape index (κ1) is 15.4. The van der Waals surface area contributed by atoms with Crippen molar-refractivity contribution in [2.24, 2.45) is 5.92 Å². The number of nitrogens with one attached hydrogen (secondary N) is 1. The Morgan fingerprint density at radius 3 is 2.74 bits per heavy atom. The van der Waals surface area contributed by atoms with Gasteiger partial charge in [-0.2, -0.15) is 0 Å². The third-order valence-electron chi connectivity index (χ3n) is 2.67. The summed E-state index contributed by atoms with van der Waals surface area (Å²) in [4.78, 5) is 11.8. The number of carbonyl (C=O) groups excluding carboxylic acids is 1. The van der Waals surface area contributed by atoms with Crippen molar-refractivity contribution in [1.29, 1.82) is 0 Å². The number of fused-ring (bicyclic) bond motifs is 1. The molecule has 1 aromatic carbocycles. The summed E-state index contributed by atoms with van der Waals surface area (Å²) in [6.07, 6.45) is 0. The van der Waals surface area contributed by atoms with Crippen molar-refractivity contribution in [3.8, 4) is 11.5 Å². The molecule has 0 radical (unpaired) electrons. The quantitative estimate of drug-likeness (QED) is 0.823. The van der Waals surface area contributed by atoms with E-state index in [4.69, 9.17) is 19.9 Å². The number of nitrogen functional groups attached to an aromatic ring is 1. The van der Waals surface area contributed by atoms with Crippen molar-refractivity contribution in [2.45, 2.75) is 6.92 Å². The molecule has 1 heterocycles. The molecular formula is C12H17ClN2O4. The van der Waals surface area contributed by atoms with E-state index in [1.165, 1.54) is 0 Å². The molecule has 1 unspecified atom stereocenters. The molecular weight excluding hydrogens is 272 g/mol. The molecule has 106 valence electrons. The molecule has 1 amide bonds. The summed E-state index contributed by atoms with van der Waals surface area (Å²) in [7, 11) is 1.55. The van der Waals surface area contributed by atoms with Gasteiger partial charge in [0.15, 0.2) is 11.5 Å². The lowest BCUT2D eigenvalue weighted by molar-refractivity contribution is -0.120. The van der Waals surface area contributed by atoms with Crippen molar-refractivity contribution in [1.82, 2.24) is 0 Å². The van der Waals surface area contributed by atoms with Crippen LogP contribution in [0.15, 0.2) is 12.1 Å². The minimum Gasteiger partial charge on any atom is -0.454 e. The van der Waals surface area contributed by atoms with Crippen LogP contribution in [0.2, 0.25) is 0 Å². The predicted molar refractivity (Wildman–Crippen MR) is 73.9 cm³/mol. The minimum atomic E-state index is -0.250. The summed E-state index contributed by atoms with van der Waals surface area (Å²) in [6, 6.07) is 3.30. The monoisotopic (exact) mass is 288 g/mol. The largest absolute Gasteiger partial charge is 0.454 e. The van der Waals surface area contributed by atoms with Crippen LogP contribution in [0.1, 0.15) is 6.92 Å². The zero-order valence-electron chi connectivity index (χ0n) is 10.8. The number of hydrogen-bond donors (Lipinski definition) is 2. The normalized spacial score (nSPS) is 13.6. The van der Waals surface area contributed by atoms with E-state index in [0.29, 0.717) is 29.5 Å². The molecule has 2 rings (SSSR count). The van der Waals surface area contributed by atoms with Gasteiger partial charge in [-0.1, -0.05) is 6.92 Å². The number of carbonyl (C=O) groups is 1. The predicted octanol–water partition coefficient (Wildman–Crippen LogP) is 1.64. The maximum absolute atomic E-state index is 11.8. The second-order valence-electron chi connectivity index (χ2n) is 4.14. The lowest BCUT2D eigenvalue weighted by Crippen LogP contribution is -2.24. The number of rotatable bonds is 4. The topological polar surface area (TPSA) is 82.8 Å². The highest BCUT2D eigenvalue weighted by molar-refractivity contribution is 5.96. The van der Waals surface area contributed by atoms with Crippen LogP contribution in [-0.2, 0) is 9.53 Å². The molecule has 0 fully saturated rings. The van der Waals surface area contributed by atoms with Crippen LogP contribution in [-0.4, -0.2) is 26.4 Å². The van der Waals surface area contributed by atoms with Gasteiger partial charge in [-0.15, -0.1) is 12.4 Å². The number of nitrogens with two attached hydrogens (primary N) is 1. The van der Waals surface area contributed by atoms with Gasteiger partial charge in [0.2, 0.25) is 12.7 Å². The smallest absolute Gasteiger partial charge is 0.231 e. The van der Waals surface area contributed by atoms with E-state index in [2.05, 4.69) is 5.32 Å². The highest BCUT2D eigenvalue weighted by atomic mass is 35.5. The maximum Gasteiger partial charge on any atom is 0.231 e. The Bertz CT molecular complexity index is 467. The van der Waals surface area contributed by atoms with Gasteiger partial charge in [-0.3, -0.25) is 4.79 Å². The van der Waals surface area contributed by atoms with E-state index >= 15 is 0 Å². The summed E-state index contributed by atoms with van der Waals surface area (Å²) in [5.41, 5.74) is 6.80. The molecule has 0 aliphatic carbocycles. The molecule has 0 spiro atoms. The summed E-state index contributed by atoms with van der Waals surface area (Å²) in [5.74, 6) is 0.775. The maximum atomic E-state index is 11.8. The summed E-state index contributed by atoms with van der Waals surface area (Å²) >= 11 is 0. The number of benzene rings is 1. The van der Waals surface area contributed by atoms with Crippen LogP contribution in [0.25, 0.3) is 0 Å². The van der Waals surface area contributed by atoms with Gasteiger partial charge < -0.3 is 25.3 Å². The molecule has 0 bridgehead atoms. The number of anilines is 2. The summed E-state index contributed by atoms with van der Waals surface area (Å²) in [6.45, 7) is 2.31. The lowest BCUT2D eigenvalue weighted by Gasteiger charge is -2.13. The van der Waals surface area contributed by atoms with E-state index in [1.54, 1.807) is 26.2 Å². The molecule has 1 aromatic rings. The Morgan fingerprint density at radius 1 is 1.47 bits per heavy atom. The fourth-order valence-electron chi connectivity index (χ4n) is 1.65. The van der Waals surface area contributed by atoms with Crippen LogP contribution >= 0.6 is 12.4 Å². The van der Waals surface area contributed by atoms with Crippen LogP contribution < -0.4 is 20.5 Å². The standard InChI is InChI=1S/C12H16N2O4.ClH/c1-7(5-16-2)12(15)14-9-4-11-10(3-8(9)13)17-6-18-11;/h3-4,7H,5-6,13H2,1-2H3,(H,14,15);1H. The van der Waals surface area contributed by atoms with E-state index < -0.39 is 0 Å². The first-order chi connectivity index (χ1) is 8.61. The minimum absolute atomic E-state index is 0. The van der Waals surface area contributed by atoms with Gasteiger partial charge in [0.05, 0.1) is 23.9 Å². The highest BCUT2D eigenvalue weighted by Crippen LogP contribution is 2.38. The van der Waals surface area contributed by atoms with Gasteiger partial charge in [0, 0.05) is 19.2 Å². The van der Waals surface area contributed by atoms with Crippen molar-refractivity contribution in [2.75, 3.05) is 31.6 Å². The van der Waals surface area contributed by atoms with Crippen molar-refractivity contribution >= 4 is 29.7 Å². The van der Waals surface area contributed by atoms with Crippen molar-refractivity contribution in [3.05, 3.63) is 12.1 Å². The van der Waals surface area contributed by atoms with E-state index in [9.17, 15) is 4.79 Å². The second kappa shape index (κ2) is 6.49. The summed E-state index contributed by atoms with van der Waals surface area (Å²) < 4.78 is 15.4. The van der Waals surface area contributed by atoms with Crippen LogP contribution in [0.3, 0.4) is 0 Å². The Morgan fingerprint density at radius 2 is 2.11 bits per heavy atom. The number of methoxy groups -OCH3 is 1. The zero-order chi connectivity index (χ0) is 13.1. The average Bonchev–Trinajstić information content (AvgIpc) is 2.76. The molecule has 1 atom stereocenters. The average molecular weight is 289 g/mol. The Labute approximate surface area is 117 Å². The SMILES string of the molecule is COCC(C)C(=O)Nc1cc2c(cc1N)OCO2.Cl. The van der Waals surface area contributed by atoms with Crippen LogP contribution in [0.5, 0.6) is 11.5 Å². The van der Waals surface area contributed by atoms with Crippen molar-refractivity contribution in [3.63, 3.8) is 0 Å². The molecule has 3 N–H and O–H groups in total. The Hall–Kier alpha value is -1.66. The highest BCUT2D eigenvalue weighted by Gasteiger charge is 2.19. The third-order valence-corrected chi connectivity index (χ3v) is 2.67. The molecule has 7 heteroatoms. The van der Waals surface area contributed by atoms with E-state index in [1.807, 2.05) is 0 Å². The Kier molecular flexibility index (Phi) is 5.26. The first-order valence-corrected chi connectivity index (χ1v) is 5.60. The lowest BCUT2D eigenvalue weighted by atomic mass is 10.1. The van der Waals surface area contributed by atoms with Gasteiger partial charge in [0.1, 0.15) is 0 Å². The van der Waals surface area contributed by atoms with Crippen molar-refractivity contribution < 1.29 is 19.0 Å². The molecule has 6 nitrogen and oxygen atoms in total. The second-order valence-corrected chi connectivity index (χ2v) is 4.14. The van der Waals surface area contributed by atoms with Gasteiger partial charge in [-0.25, -0.2) is 0 Å². The zero-order valence-corrected chi connectivity index (χ0v) is 11.6. The molecule has 0 saturated carbocycles. The van der Waals surface area contributed by atoms with E-state index in [0.717, 1.165) is 0 Å². The molecule has 0 saturated heterocycles. The molecule has 0 aromatic heterocycles. The number of amides is 1. The summed E-state index contributed by atoms with van der Waals surface area (Å²) in [5, 5.41) is 2.74. The van der Waals surface area contributed by atoms with Crippen LogP contribution in [0.4, 0.5) is 11.4 Å². The molecule has 1 aliphatic rings. The molecule has 19 heavy (non-hydrogen) atoms. The van der Waals surface area contributed by atoms with Gasteiger partial charge >= 0.3 is 0 Å².